The zero-order valence-corrected chi connectivity index (χ0v) is 10.1. The van der Waals surface area contributed by atoms with Gasteiger partial charge in [-0.3, -0.25) is 10.1 Å². The maximum Gasteiger partial charge on any atom is 0.299 e. The smallest absolute Gasteiger partial charge is 0.299 e. The van der Waals surface area contributed by atoms with Gasteiger partial charge in [0, 0.05) is 17.6 Å². The Morgan fingerprint density at radius 3 is 2.65 bits per heavy atom. The molecule has 6 nitrogen and oxygen atoms in total. The molecule has 1 saturated heterocycles. The molecule has 0 saturated carbocycles. The van der Waals surface area contributed by atoms with E-state index in [4.69, 9.17) is 4.74 Å². The summed E-state index contributed by atoms with van der Waals surface area (Å²) in [5, 5.41) is 10.9. The molecular weight excluding hydrogens is 244 g/mol. The number of nitrogens with zero attached hydrogens (tertiary/aromatic N) is 2. The van der Waals surface area contributed by atoms with Crippen molar-refractivity contribution in [1.82, 2.24) is 0 Å². The Hall–Kier alpha value is -1.63. The van der Waals surface area contributed by atoms with Crippen LogP contribution in [-0.4, -0.2) is 27.7 Å². The van der Waals surface area contributed by atoms with E-state index in [9.17, 15) is 14.3 Å². The van der Waals surface area contributed by atoms with E-state index in [2.05, 4.69) is 4.36 Å². The molecule has 92 valence electrons. The first-order chi connectivity index (χ1) is 8.06. The molecule has 0 N–H and O–H groups in total. The molecule has 0 aliphatic carbocycles. The second kappa shape index (κ2) is 4.33. The lowest BCUT2D eigenvalue weighted by Gasteiger charge is -2.18. The summed E-state index contributed by atoms with van der Waals surface area (Å²) in [5.74, 6) is 1.29. The maximum atomic E-state index is 12.0. The standard InChI is InChI=1S/C10H12N2O4S/c1-16-9-5-2-4-8(12(13)14)10(9)11-17(15)6-3-7-17/h2,4-5H,3,6-7H2,1H3. The van der Waals surface area contributed by atoms with Crippen LogP contribution in [0.4, 0.5) is 11.4 Å². The van der Waals surface area contributed by atoms with Crippen molar-refractivity contribution in [3.63, 3.8) is 0 Å². The summed E-state index contributed by atoms with van der Waals surface area (Å²) in [6, 6.07) is 4.43. The van der Waals surface area contributed by atoms with Gasteiger partial charge in [-0.25, -0.2) is 4.21 Å². The molecule has 7 heteroatoms. The average molecular weight is 256 g/mol. The van der Waals surface area contributed by atoms with Crippen LogP contribution in [0.5, 0.6) is 5.75 Å². The van der Waals surface area contributed by atoms with E-state index in [1.807, 2.05) is 0 Å². The number of benzene rings is 1. The van der Waals surface area contributed by atoms with Crippen molar-refractivity contribution in [2.45, 2.75) is 6.42 Å². The van der Waals surface area contributed by atoms with Crippen LogP contribution in [0.1, 0.15) is 6.42 Å². The largest absolute Gasteiger partial charge is 0.494 e. The van der Waals surface area contributed by atoms with Gasteiger partial charge in [-0.15, -0.1) is 0 Å². The zero-order chi connectivity index (χ0) is 12.5. The fourth-order valence-corrected chi connectivity index (χ4v) is 3.04. The Morgan fingerprint density at radius 2 is 2.18 bits per heavy atom. The fraction of sp³-hybridized carbons (Fsp3) is 0.400. The van der Waals surface area contributed by atoms with Gasteiger partial charge in [0.15, 0.2) is 11.4 Å². The summed E-state index contributed by atoms with van der Waals surface area (Å²) < 4.78 is 21.1. The number of hydrogen-bond acceptors (Lipinski definition) is 5. The topological polar surface area (TPSA) is 81.8 Å². The van der Waals surface area contributed by atoms with Crippen molar-refractivity contribution in [3.8, 4) is 5.75 Å². The highest BCUT2D eigenvalue weighted by Gasteiger charge is 2.24. The van der Waals surface area contributed by atoms with Gasteiger partial charge < -0.3 is 4.74 Å². The minimum Gasteiger partial charge on any atom is -0.494 e. The molecule has 1 aliphatic rings. The lowest BCUT2D eigenvalue weighted by molar-refractivity contribution is -0.384. The normalized spacial score (nSPS) is 17.0. The van der Waals surface area contributed by atoms with Gasteiger partial charge in [-0.2, -0.15) is 4.36 Å². The van der Waals surface area contributed by atoms with Crippen molar-refractivity contribution in [1.29, 1.82) is 0 Å². The molecule has 0 radical (unpaired) electrons. The third kappa shape index (κ3) is 2.23. The second-order valence-corrected chi connectivity index (χ2v) is 6.25. The summed E-state index contributed by atoms with van der Waals surface area (Å²) in [6.45, 7) is 0. The van der Waals surface area contributed by atoms with Crippen LogP contribution in [0, 0.1) is 10.1 Å². The quantitative estimate of drug-likeness (QED) is 0.612. The first-order valence-corrected chi connectivity index (χ1v) is 6.95. The van der Waals surface area contributed by atoms with Crippen molar-refractivity contribution in [2.75, 3.05) is 18.6 Å². The zero-order valence-electron chi connectivity index (χ0n) is 9.29. The molecule has 0 bridgehead atoms. The van der Waals surface area contributed by atoms with E-state index in [-0.39, 0.29) is 17.1 Å². The SMILES string of the molecule is COc1cccc([N+](=O)[O-])c1N=S1(=O)CCC1. The van der Waals surface area contributed by atoms with Crippen LogP contribution in [0.15, 0.2) is 22.6 Å². The highest BCUT2D eigenvalue weighted by atomic mass is 32.2. The third-order valence-corrected chi connectivity index (χ3v) is 4.95. The first kappa shape index (κ1) is 11.8. The van der Waals surface area contributed by atoms with Gasteiger partial charge >= 0.3 is 0 Å². The predicted molar refractivity (Wildman–Crippen MR) is 64.2 cm³/mol. The van der Waals surface area contributed by atoms with E-state index in [1.54, 1.807) is 6.07 Å². The highest BCUT2D eigenvalue weighted by molar-refractivity contribution is 7.95. The number of hydrogen-bond donors (Lipinski definition) is 0. The summed E-state index contributed by atoms with van der Waals surface area (Å²) in [5.41, 5.74) is -0.0799. The first-order valence-electron chi connectivity index (χ1n) is 5.10. The van der Waals surface area contributed by atoms with Crippen molar-refractivity contribution >= 4 is 21.1 Å². The molecule has 1 fully saturated rings. The van der Waals surface area contributed by atoms with E-state index < -0.39 is 14.7 Å². The van der Waals surface area contributed by atoms with Gasteiger partial charge in [0.1, 0.15) is 0 Å². The molecule has 1 aromatic rings. The number of nitro groups is 1. The van der Waals surface area contributed by atoms with Crippen LogP contribution in [0.2, 0.25) is 0 Å². The minimum absolute atomic E-state index is 0.0877. The molecule has 17 heavy (non-hydrogen) atoms. The molecule has 2 rings (SSSR count). The third-order valence-electron chi connectivity index (χ3n) is 2.58. The molecule has 1 aliphatic heterocycles. The average Bonchev–Trinajstić information content (AvgIpc) is 2.26. The predicted octanol–water partition coefficient (Wildman–Crippen LogP) is 2.11. The van der Waals surface area contributed by atoms with Crippen LogP contribution >= 0.6 is 0 Å². The lowest BCUT2D eigenvalue weighted by Crippen LogP contribution is -2.23. The monoisotopic (exact) mass is 256 g/mol. The van der Waals surface area contributed by atoms with E-state index in [1.165, 1.54) is 19.2 Å². The van der Waals surface area contributed by atoms with E-state index in [0.29, 0.717) is 11.5 Å². The number of ether oxygens (including phenoxy) is 1. The summed E-state index contributed by atoms with van der Waals surface area (Å²) in [7, 11) is -0.882. The Labute approximate surface area is 98.9 Å². The van der Waals surface area contributed by atoms with Gasteiger partial charge in [0.25, 0.3) is 5.69 Å². The molecule has 1 aromatic carbocycles. The molecular formula is C10H12N2O4S. The van der Waals surface area contributed by atoms with Gasteiger partial charge in [0.2, 0.25) is 0 Å². The Balaban J connectivity index is 2.61. The summed E-state index contributed by atoms with van der Waals surface area (Å²) in [4.78, 5) is 10.3. The van der Waals surface area contributed by atoms with Crippen LogP contribution in [0.25, 0.3) is 0 Å². The highest BCUT2D eigenvalue weighted by Crippen LogP contribution is 2.38. The molecule has 0 unspecified atom stereocenters. The Morgan fingerprint density at radius 1 is 1.47 bits per heavy atom. The number of rotatable bonds is 3. The summed E-state index contributed by atoms with van der Waals surface area (Å²) in [6.07, 6.45) is 0.852. The number of nitro benzene ring substituents is 1. The molecule has 0 atom stereocenters. The number of methoxy groups -OCH3 is 1. The van der Waals surface area contributed by atoms with Crippen LogP contribution < -0.4 is 4.74 Å². The Bertz CT molecular complexity index is 566. The second-order valence-electron chi connectivity index (χ2n) is 3.71. The van der Waals surface area contributed by atoms with Crippen molar-refractivity contribution in [3.05, 3.63) is 28.3 Å². The molecule has 0 spiro atoms. The lowest BCUT2D eigenvalue weighted by atomic mass is 10.2. The molecule has 1 heterocycles. The van der Waals surface area contributed by atoms with Crippen LogP contribution in [0.3, 0.4) is 0 Å². The van der Waals surface area contributed by atoms with E-state index in [0.717, 1.165) is 6.42 Å². The minimum atomic E-state index is -2.29. The van der Waals surface area contributed by atoms with E-state index >= 15 is 0 Å². The molecule has 0 aromatic heterocycles. The van der Waals surface area contributed by atoms with Gasteiger partial charge in [-0.05, 0) is 12.5 Å². The van der Waals surface area contributed by atoms with Crippen molar-refractivity contribution < 1.29 is 13.9 Å². The summed E-state index contributed by atoms with van der Waals surface area (Å²) >= 11 is 0. The fourth-order valence-electron chi connectivity index (χ4n) is 1.56. The van der Waals surface area contributed by atoms with Gasteiger partial charge in [-0.1, -0.05) is 6.07 Å². The van der Waals surface area contributed by atoms with Gasteiger partial charge in [0.05, 0.1) is 21.8 Å². The Kier molecular flexibility index (Phi) is 3.01. The maximum absolute atomic E-state index is 12.0. The van der Waals surface area contributed by atoms with Crippen molar-refractivity contribution in [2.24, 2.45) is 4.36 Å². The molecule has 0 amide bonds. The van der Waals surface area contributed by atoms with Crippen LogP contribution in [-0.2, 0) is 9.73 Å².